The molecule has 81 heavy (non-hydrogen) atoms. The van der Waals surface area contributed by atoms with Crippen molar-refractivity contribution in [2.45, 2.75) is 26.2 Å². The number of anilines is 3. The van der Waals surface area contributed by atoms with Gasteiger partial charge in [0.25, 0.3) is 6.71 Å². The summed E-state index contributed by atoms with van der Waals surface area (Å²) in [4.78, 5) is 2.61. The molecule has 2 aliphatic heterocycles. The molecule has 2 heterocycles. The number of hydrogen-bond donors (Lipinski definition) is 0. The third-order valence-corrected chi connectivity index (χ3v) is 16.9. The molecule has 0 N–H and O–H groups in total. The fourth-order valence-electron chi connectivity index (χ4n) is 13.0. The summed E-state index contributed by atoms with van der Waals surface area (Å²) in [5.41, 5.74) is 24.5. The molecule has 0 atom stereocenters. The van der Waals surface area contributed by atoms with Gasteiger partial charge in [-0.1, -0.05) is 276 Å². The van der Waals surface area contributed by atoms with E-state index in [1.807, 2.05) is 0 Å². The normalized spacial score (nSPS) is 12.4. The SMILES string of the molecule is CC(C)(C)c1cc2c3c(c1)N(c1c(-c4ccccc4)cccc1-c1ccccc1)c1cc(-c4c5ccccc5c(-c5cc(-c6ccccc6)ccc5-c5ccccc5)c5ccccc45)ccc1B3c1cc(-c3ccccc3)ccc1O2. The van der Waals surface area contributed by atoms with Gasteiger partial charge in [-0.25, -0.2) is 0 Å². The Labute approximate surface area is 475 Å². The summed E-state index contributed by atoms with van der Waals surface area (Å²) in [6, 6.07) is 105. The van der Waals surface area contributed by atoms with Crippen LogP contribution in [-0.2, 0) is 5.41 Å². The van der Waals surface area contributed by atoms with E-state index >= 15 is 0 Å². The van der Waals surface area contributed by atoms with Crippen molar-refractivity contribution in [3.63, 3.8) is 0 Å². The predicted octanol–water partition coefficient (Wildman–Crippen LogP) is 19.4. The maximum Gasteiger partial charge on any atom is 0.256 e. The van der Waals surface area contributed by atoms with Crippen LogP contribution in [0.5, 0.6) is 11.5 Å². The van der Waals surface area contributed by atoms with Crippen LogP contribution in [0.2, 0.25) is 0 Å². The lowest BCUT2D eigenvalue weighted by atomic mass is 9.34. The molecule has 13 aromatic carbocycles. The summed E-state index contributed by atoms with van der Waals surface area (Å²) in [5, 5.41) is 4.82. The van der Waals surface area contributed by atoms with Gasteiger partial charge < -0.3 is 9.64 Å². The van der Waals surface area contributed by atoms with Crippen molar-refractivity contribution in [3.8, 4) is 89.4 Å². The lowest BCUT2D eigenvalue weighted by Gasteiger charge is -2.42. The van der Waals surface area contributed by atoms with E-state index in [1.54, 1.807) is 0 Å². The fourth-order valence-corrected chi connectivity index (χ4v) is 13.0. The molecule has 0 radical (unpaired) electrons. The highest BCUT2D eigenvalue weighted by Crippen LogP contribution is 2.52. The van der Waals surface area contributed by atoms with E-state index in [2.05, 4.69) is 311 Å². The zero-order valence-electron chi connectivity index (χ0n) is 45.6. The van der Waals surface area contributed by atoms with E-state index in [-0.39, 0.29) is 12.1 Å². The number of ether oxygens (including phenoxy) is 1. The van der Waals surface area contributed by atoms with E-state index < -0.39 is 0 Å². The fraction of sp³-hybridized carbons (Fsp3) is 0.0513. The zero-order valence-corrected chi connectivity index (χ0v) is 45.6. The van der Waals surface area contributed by atoms with Crippen LogP contribution in [-0.4, -0.2) is 6.71 Å². The van der Waals surface area contributed by atoms with Crippen LogP contribution in [0.25, 0.3) is 99.4 Å². The minimum Gasteiger partial charge on any atom is -0.458 e. The van der Waals surface area contributed by atoms with E-state index in [0.29, 0.717) is 0 Å². The molecule has 2 aliphatic rings. The van der Waals surface area contributed by atoms with Crippen LogP contribution < -0.4 is 26.0 Å². The Kier molecular flexibility index (Phi) is 11.6. The molecule has 0 bridgehead atoms. The van der Waals surface area contributed by atoms with Crippen LogP contribution in [0.4, 0.5) is 17.1 Å². The number of hydrogen-bond acceptors (Lipinski definition) is 2. The molecule has 3 heteroatoms. The molecule has 0 saturated heterocycles. The summed E-state index contributed by atoms with van der Waals surface area (Å²) in [6.45, 7) is 6.81. The van der Waals surface area contributed by atoms with Gasteiger partial charge in [-0.05, 0) is 146 Å². The summed E-state index contributed by atoms with van der Waals surface area (Å²) >= 11 is 0. The van der Waals surface area contributed by atoms with Gasteiger partial charge in [0.05, 0.1) is 5.69 Å². The van der Waals surface area contributed by atoms with Crippen LogP contribution in [0.3, 0.4) is 0 Å². The highest BCUT2D eigenvalue weighted by Gasteiger charge is 2.44. The molecule has 2 nitrogen and oxygen atoms in total. The van der Waals surface area contributed by atoms with E-state index in [9.17, 15) is 0 Å². The minimum atomic E-state index is -0.197. The molecule has 0 fully saturated rings. The number of nitrogens with zero attached hydrogens (tertiary/aromatic N) is 1. The maximum atomic E-state index is 7.26. The minimum absolute atomic E-state index is 0.134. The second-order valence-electron chi connectivity index (χ2n) is 22.7. The highest BCUT2D eigenvalue weighted by atomic mass is 16.5. The highest BCUT2D eigenvalue weighted by molar-refractivity contribution is 6.99. The zero-order chi connectivity index (χ0) is 54.2. The van der Waals surface area contributed by atoms with Crippen molar-refractivity contribution in [1.29, 1.82) is 0 Å². The van der Waals surface area contributed by atoms with Crippen molar-refractivity contribution >= 4 is 61.7 Å². The first-order valence-corrected chi connectivity index (χ1v) is 28.3. The van der Waals surface area contributed by atoms with Crippen LogP contribution in [0.15, 0.2) is 285 Å². The molecule has 15 rings (SSSR count). The lowest BCUT2D eigenvalue weighted by molar-refractivity contribution is 0.483. The van der Waals surface area contributed by atoms with Crippen LogP contribution in [0.1, 0.15) is 26.3 Å². The first kappa shape index (κ1) is 48.2. The molecular weight excluding hydrogens is 978 g/mol. The number of fused-ring (bicyclic) bond motifs is 6. The molecular formula is C78H56BNO. The Hall–Kier alpha value is -9.96. The van der Waals surface area contributed by atoms with Gasteiger partial charge >= 0.3 is 0 Å². The quantitative estimate of drug-likeness (QED) is 0.111. The second kappa shape index (κ2) is 19.4. The first-order valence-electron chi connectivity index (χ1n) is 28.3. The van der Waals surface area contributed by atoms with Crippen molar-refractivity contribution in [2.24, 2.45) is 0 Å². The van der Waals surface area contributed by atoms with E-state index in [4.69, 9.17) is 4.74 Å². The van der Waals surface area contributed by atoms with Gasteiger partial charge in [0.1, 0.15) is 11.5 Å². The van der Waals surface area contributed by atoms with Crippen molar-refractivity contribution in [2.75, 3.05) is 4.90 Å². The summed E-state index contributed by atoms with van der Waals surface area (Å²) in [6.07, 6.45) is 0. The molecule has 0 spiro atoms. The molecule has 0 saturated carbocycles. The average molecular weight is 1030 g/mol. The van der Waals surface area contributed by atoms with Crippen molar-refractivity contribution in [1.82, 2.24) is 0 Å². The van der Waals surface area contributed by atoms with E-state index in [0.717, 1.165) is 61.8 Å². The van der Waals surface area contributed by atoms with Gasteiger partial charge in [-0.2, -0.15) is 0 Å². The molecule has 0 unspecified atom stereocenters. The molecule has 0 aliphatic carbocycles. The van der Waals surface area contributed by atoms with Crippen molar-refractivity contribution < 1.29 is 4.74 Å². The topological polar surface area (TPSA) is 12.5 Å². The number of benzene rings is 13. The summed E-state index contributed by atoms with van der Waals surface area (Å²) in [7, 11) is 0. The van der Waals surface area contributed by atoms with Gasteiger partial charge in [-0.15, -0.1) is 0 Å². The summed E-state index contributed by atoms with van der Waals surface area (Å²) < 4.78 is 7.26. The maximum absolute atomic E-state index is 7.26. The largest absolute Gasteiger partial charge is 0.458 e. The van der Waals surface area contributed by atoms with Gasteiger partial charge in [0, 0.05) is 22.5 Å². The van der Waals surface area contributed by atoms with Crippen molar-refractivity contribution in [3.05, 3.63) is 291 Å². The Morgan fingerprint density at radius 1 is 0.309 bits per heavy atom. The number of para-hydroxylation sites is 1. The second-order valence-corrected chi connectivity index (χ2v) is 22.7. The third kappa shape index (κ3) is 8.19. The monoisotopic (exact) mass is 1030 g/mol. The molecule has 13 aromatic rings. The number of rotatable bonds is 8. The standard InChI is InChI=1S/C78H56BNO/c1-78(2,3)59-49-71-76-73(50-59)81-72-45-42-57(52-26-11-5-12-27-52)47-69(72)79(76)68-44-41-58(48-70(68)80(71)77-61(54-30-15-7-16-31-54)38-23-39-62(77)55-32-17-8-18-33-55)74-63-34-19-21-36-65(63)75(66-37-22-20-35-64(66)74)67-46-56(51-24-9-4-10-25-51)40-43-60(67)53-28-13-6-14-29-53/h4-50H,1-3H3. The molecule has 0 amide bonds. The smallest absolute Gasteiger partial charge is 0.256 e. The third-order valence-electron chi connectivity index (χ3n) is 16.9. The average Bonchev–Trinajstić information content (AvgIpc) is 3.67. The van der Waals surface area contributed by atoms with Crippen LogP contribution >= 0.6 is 0 Å². The Balaban J connectivity index is 1.05. The van der Waals surface area contributed by atoms with Gasteiger partial charge in [0.2, 0.25) is 0 Å². The summed E-state index contributed by atoms with van der Waals surface area (Å²) in [5.74, 6) is 1.79. The molecule has 382 valence electrons. The molecule has 0 aromatic heterocycles. The van der Waals surface area contributed by atoms with Gasteiger partial charge in [-0.3, -0.25) is 0 Å². The Morgan fingerprint density at radius 3 is 1.32 bits per heavy atom. The first-order chi connectivity index (χ1) is 39.8. The lowest BCUT2D eigenvalue weighted by Crippen LogP contribution is -2.59. The van der Waals surface area contributed by atoms with Crippen LogP contribution in [0, 0.1) is 0 Å². The van der Waals surface area contributed by atoms with Gasteiger partial charge in [0.15, 0.2) is 0 Å². The Bertz CT molecular complexity index is 4450. The Morgan fingerprint density at radius 2 is 0.778 bits per heavy atom. The van der Waals surface area contributed by atoms with E-state index in [1.165, 1.54) is 88.1 Å². The predicted molar refractivity (Wildman–Crippen MR) is 344 cm³/mol.